The fraction of sp³-hybridized carbons (Fsp3) is 0.634. The molecular formula is C41H58Cl2FN7O2S. The summed E-state index contributed by atoms with van der Waals surface area (Å²) in [6, 6.07) is 9.60. The van der Waals surface area contributed by atoms with Gasteiger partial charge in [0.1, 0.15) is 17.4 Å². The molecule has 0 amide bonds. The quantitative estimate of drug-likeness (QED) is 0.179. The Hall–Kier alpha value is -2.38. The van der Waals surface area contributed by atoms with E-state index in [0.717, 1.165) is 102 Å². The number of rotatable bonds is 12. The average molecular weight is 803 g/mol. The summed E-state index contributed by atoms with van der Waals surface area (Å²) in [6.45, 7) is 19.1. The van der Waals surface area contributed by atoms with Gasteiger partial charge in [0.05, 0.1) is 44.5 Å². The highest BCUT2D eigenvalue weighted by molar-refractivity contribution is 7.16. The first-order chi connectivity index (χ1) is 26.1. The van der Waals surface area contributed by atoms with Crippen LogP contribution in [0.4, 0.5) is 15.8 Å². The van der Waals surface area contributed by atoms with Gasteiger partial charge in [-0.05, 0) is 134 Å². The second kappa shape index (κ2) is 20.2. The van der Waals surface area contributed by atoms with E-state index < -0.39 is 0 Å². The Morgan fingerprint density at radius 1 is 0.685 bits per heavy atom. The molecular weight excluding hydrogens is 744 g/mol. The van der Waals surface area contributed by atoms with Crippen molar-refractivity contribution in [2.75, 3.05) is 115 Å². The van der Waals surface area contributed by atoms with Crippen LogP contribution in [0.2, 0.25) is 10.0 Å². The number of carbonyl (C=O) groups is 2. The Balaban J connectivity index is 0.000000184. The lowest BCUT2D eigenvalue weighted by Gasteiger charge is -2.37. The number of fused-ring (bicyclic) bond motifs is 1. The topological polar surface area (TPSA) is 66.5 Å². The third-order valence-corrected chi connectivity index (χ3v) is 13.3. The Kier molecular flexibility index (Phi) is 15.4. The molecule has 2 aromatic carbocycles. The summed E-state index contributed by atoms with van der Waals surface area (Å²) in [7, 11) is 0. The molecule has 0 unspecified atom stereocenters. The Bertz CT molecular complexity index is 1660. The van der Waals surface area contributed by atoms with E-state index in [0.29, 0.717) is 29.6 Å². The number of ketones is 2. The van der Waals surface area contributed by atoms with Crippen molar-refractivity contribution < 1.29 is 14.0 Å². The average Bonchev–Trinajstić information content (AvgIpc) is 3.64. The van der Waals surface area contributed by atoms with E-state index in [1.54, 1.807) is 31.3 Å². The number of anilines is 2. The van der Waals surface area contributed by atoms with Gasteiger partial charge in [-0.2, -0.15) is 0 Å². The van der Waals surface area contributed by atoms with Crippen molar-refractivity contribution in [2.45, 2.75) is 52.4 Å². The molecule has 7 rings (SSSR count). The molecule has 4 aliphatic heterocycles. The van der Waals surface area contributed by atoms with Gasteiger partial charge < -0.3 is 9.80 Å². The molecule has 0 radical (unpaired) electrons. The zero-order chi connectivity index (χ0) is 38.0. The van der Waals surface area contributed by atoms with Crippen LogP contribution < -0.4 is 9.80 Å². The third kappa shape index (κ3) is 12.1. The monoisotopic (exact) mass is 801 g/mol. The highest BCUT2D eigenvalue weighted by Gasteiger charge is 2.25. The van der Waals surface area contributed by atoms with Crippen LogP contribution in [-0.4, -0.2) is 141 Å². The number of likely N-dealkylation sites (tertiary alicyclic amines) is 2. The minimum Gasteiger partial charge on any atom is -0.369 e. The summed E-state index contributed by atoms with van der Waals surface area (Å²) in [5.74, 6) is 1.82. The van der Waals surface area contributed by atoms with Crippen molar-refractivity contribution in [3.63, 3.8) is 0 Å². The molecule has 0 aliphatic carbocycles. The summed E-state index contributed by atoms with van der Waals surface area (Å²) >= 11 is 13.6. The summed E-state index contributed by atoms with van der Waals surface area (Å²) in [6.07, 6.45) is 7.37. The molecule has 4 aliphatic rings. The maximum atomic E-state index is 14.2. The van der Waals surface area contributed by atoms with Crippen LogP contribution in [0.25, 0.3) is 10.2 Å². The lowest BCUT2D eigenvalue weighted by Crippen LogP contribution is -2.47. The number of piperazine rings is 2. The van der Waals surface area contributed by atoms with Crippen LogP contribution in [-0.2, 0) is 9.59 Å². The van der Waals surface area contributed by atoms with Crippen molar-refractivity contribution >= 4 is 67.7 Å². The zero-order valence-corrected chi connectivity index (χ0v) is 34.5. The van der Waals surface area contributed by atoms with Crippen molar-refractivity contribution in [1.82, 2.24) is 24.6 Å². The smallest absolute Gasteiger partial charge is 0.148 e. The number of carbonyl (C=O) groups excluding carboxylic acids is 2. The van der Waals surface area contributed by atoms with Gasteiger partial charge in [-0.15, -0.1) is 11.3 Å². The first kappa shape index (κ1) is 41.3. The molecule has 0 saturated carbocycles. The fourth-order valence-electron chi connectivity index (χ4n) is 8.47. The number of piperidine rings is 2. The molecule has 0 N–H and O–H groups in total. The summed E-state index contributed by atoms with van der Waals surface area (Å²) in [5.41, 5.74) is 4.90. The minimum atomic E-state index is -0.310. The number of hydrogen-bond donors (Lipinski definition) is 0. The lowest BCUT2D eigenvalue weighted by molar-refractivity contribution is -0.119. The number of aromatic nitrogens is 1. The number of thiazole rings is 1. The Labute approximate surface area is 335 Å². The summed E-state index contributed by atoms with van der Waals surface area (Å²) < 4.78 is 15.5. The van der Waals surface area contributed by atoms with Gasteiger partial charge in [0, 0.05) is 58.0 Å². The Morgan fingerprint density at radius 2 is 1.19 bits per heavy atom. The highest BCUT2D eigenvalue weighted by atomic mass is 35.5. The second-order valence-electron chi connectivity index (χ2n) is 15.8. The molecule has 0 atom stereocenters. The molecule has 296 valence electrons. The number of halogens is 3. The molecule has 3 aromatic rings. The van der Waals surface area contributed by atoms with Crippen molar-refractivity contribution in [1.29, 1.82) is 0 Å². The van der Waals surface area contributed by atoms with E-state index in [1.165, 1.54) is 61.5 Å². The molecule has 4 saturated heterocycles. The lowest BCUT2D eigenvalue weighted by atomic mass is 9.93. The molecule has 5 heterocycles. The van der Waals surface area contributed by atoms with E-state index in [4.69, 9.17) is 23.2 Å². The van der Waals surface area contributed by atoms with Crippen molar-refractivity contribution in [3.05, 3.63) is 51.7 Å². The first-order valence-electron chi connectivity index (χ1n) is 20.0. The second-order valence-corrected chi connectivity index (χ2v) is 17.5. The normalized spacial score (nSPS) is 20.3. The molecule has 1 aromatic heterocycles. The predicted molar refractivity (Wildman–Crippen MR) is 222 cm³/mol. The van der Waals surface area contributed by atoms with Crippen LogP contribution in [0.1, 0.15) is 52.4 Å². The maximum absolute atomic E-state index is 14.2. The van der Waals surface area contributed by atoms with Crippen molar-refractivity contribution in [3.8, 4) is 0 Å². The fourth-order valence-corrected chi connectivity index (χ4v) is 9.43. The third-order valence-electron chi connectivity index (χ3n) is 11.8. The molecule has 4 fully saturated rings. The highest BCUT2D eigenvalue weighted by Crippen LogP contribution is 2.31. The van der Waals surface area contributed by atoms with Gasteiger partial charge in [-0.25, -0.2) is 9.37 Å². The van der Waals surface area contributed by atoms with Gasteiger partial charge in [-0.1, -0.05) is 23.2 Å². The minimum absolute atomic E-state index is 0.254. The summed E-state index contributed by atoms with van der Waals surface area (Å²) in [5, 5.41) is 0.650. The largest absolute Gasteiger partial charge is 0.369 e. The standard InChI is InChI=1S/C21H30N4OS.C20H28Cl2FN3O/c1-17(26)15-24-8-5-18(6-9-24)4-7-23-10-12-25(13-11-23)19-2-3-21-20(14-19)22-16-27-21;1-15(27)14-25-6-3-16(4-7-25)2-5-24-8-10-26(11-9-24)20-13-18(22)17(21)12-19(20)23/h2-3,14,16,18H,4-13,15H2,1H3;12-13,16H,2-11,14H2,1H3. The van der Waals surface area contributed by atoms with Gasteiger partial charge in [0.2, 0.25) is 0 Å². The molecule has 9 nitrogen and oxygen atoms in total. The Morgan fingerprint density at radius 3 is 1.70 bits per heavy atom. The number of hydrogen-bond acceptors (Lipinski definition) is 10. The van der Waals surface area contributed by atoms with Gasteiger partial charge in [-0.3, -0.25) is 29.2 Å². The van der Waals surface area contributed by atoms with Crippen molar-refractivity contribution in [2.24, 2.45) is 11.8 Å². The van der Waals surface area contributed by atoms with Gasteiger partial charge in [0.15, 0.2) is 0 Å². The maximum Gasteiger partial charge on any atom is 0.148 e. The van der Waals surface area contributed by atoms with Crippen LogP contribution in [0.15, 0.2) is 35.8 Å². The molecule has 54 heavy (non-hydrogen) atoms. The van der Waals surface area contributed by atoms with E-state index in [2.05, 4.69) is 47.7 Å². The molecule has 0 bridgehead atoms. The van der Waals surface area contributed by atoms with Crippen LogP contribution in [0.3, 0.4) is 0 Å². The number of nitrogens with zero attached hydrogens (tertiary/aromatic N) is 7. The number of benzene rings is 2. The predicted octanol–water partition coefficient (Wildman–Crippen LogP) is 7.06. The molecule has 13 heteroatoms. The van der Waals surface area contributed by atoms with E-state index in [1.807, 2.05) is 10.4 Å². The van der Waals surface area contributed by atoms with Gasteiger partial charge in [0.25, 0.3) is 0 Å². The van der Waals surface area contributed by atoms with Crippen LogP contribution in [0, 0.1) is 17.7 Å². The van der Waals surface area contributed by atoms with E-state index in [-0.39, 0.29) is 16.6 Å². The summed E-state index contributed by atoms with van der Waals surface area (Å²) in [4.78, 5) is 41.1. The number of Topliss-reactive ketones (excluding diaryl/α,β-unsaturated/α-hetero) is 2. The SMILES string of the molecule is CC(=O)CN1CCC(CCN2CCN(c3cc(Cl)c(Cl)cc3F)CC2)CC1.CC(=O)CN1CCC(CCN2CCN(c3ccc4scnc4c3)CC2)CC1. The van der Waals surface area contributed by atoms with Gasteiger partial charge >= 0.3 is 0 Å². The van der Waals surface area contributed by atoms with Crippen LogP contribution in [0.5, 0.6) is 0 Å². The van der Waals surface area contributed by atoms with E-state index in [9.17, 15) is 14.0 Å². The molecule has 0 spiro atoms. The van der Waals surface area contributed by atoms with Crippen LogP contribution >= 0.6 is 34.5 Å². The first-order valence-corrected chi connectivity index (χ1v) is 21.6. The van der Waals surface area contributed by atoms with E-state index >= 15 is 0 Å². The zero-order valence-electron chi connectivity index (χ0n) is 32.2.